The molecule has 25 heavy (non-hydrogen) atoms. The van der Waals surface area contributed by atoms with E-state index in [0.29, 0.717) is 23.3 Å². The number of quaternary nitrogens is 1. The predicted octanol–water partition coefficient (Wildman–Crippen LogP) is -1.75. The Hall–Kier alpha value is 0.0400. The number of carbonyl (C=O) groups is 2. The van der Waals surface area contributed by atoms with E-state index in [1.165, 1.54) is 6.92 Å². The summed E-state index contributed by atoms with van der Waals surface area (Å²) in [5, 5.41) is 15.9. The molecular formula is C14H29BrNO7PS. The minimum absolute atomic E-state index is 0. The molecule has 0 fully saturated rings. The molecule has 0 saturated heterocycles. The first-order valence-electron chi connectivity index (χ1n) is 7.86. The van der Waals surface area contributed by atoms with Gasteiger partial charge in [0.1, 0.15) is 0 Å². The highest BCUT2D eigenvalue weighted by Crippen LogP contribution is 2.51. The van der Waals surface area contributed by atoms with E-state index in [0.717, 1.165) is 31.0 Å². The Balaban J connectivity index is 0. The van der Waals surface area contributed by atoms with Crippen molar-refractivity contribution in [3.63, 3.8) is 0 Å². The van der Waals surface area contributed by atoms with Crippen LogP contribution in [0.15, 0.2) is 0 Å². The van der Waals surface area contributed by atoms with Crippen molar-refractivity contribution in [1.82, 2.24) is 0 Å². The molecule has 0 bridgehead atoms. The normalized spacial score (nSPS) is 16.4. The van der Waals surface area contributed by atoms with Crippen LogP contribution in [-0.4, -0.2) is 73.3 Å². The standard InChI is InChI=1S/C14H28NO7PS.BrH/c1-4-5-6-8-15(3,10-11-24-12(2)16)9-7-14(19,13(17)18)23(20,21)22;/h19H,4-11H2,1-3H3,(H2-,17,18,20,21,22);1H. The first-order chi connectivity index (χ1) is 10.9. The highest BCUT2D eigenvalue weighted by molar-refractivity contribution is 8.13. The smallest absolute Gasteiger partial charge is 0.368 e. The molecule has 11 heteroatoms. The lowest BCUT2D eigenvalue weighted by atomic mass is 10.1. The number of unbranched alkanes of at least 4 members (excludes halogenated alkanes) is 2. The highest BCUT2D eigenvalue weighted by Gasteiger charge is 2.53. The number of carboxylic acid groups (broad SMARTS) is 1. The molecule has 2 unspecified atom stereocenters. The number of carboxylic acids is 1. The van der Waals surface area contributed by atoms with E-state index in [1.54, 1.807) is 0 Å². The molecule has 0 spiro atoms. The lowest BCUT2D eigenvalue weighted by Crippen LogP contribution is -3.00. The van der Waals surface area contributed by atoms with E-state index < -0.39 is 25.3 Å². The van der Waals surface area contributed by atoms with E-state index in [4.69, 9.17) is 5.11 Å². The molecular weight excluding hydrogens is 437 g/mol. The van der Waals surface area contributed by atoms with E-state index in [2.05, 4.69) is 0 Å². The van der Waals surface area contributed by atoms with E-state index >= 15 is 0 Å². The number of thioether (sulfide) groups is 1. The van der Waals surface area contributed by atoms with Gasteiger partial charge in [0, 0.05) is 13.3 Å². The molecule has 0 radical (unpaired) electrons. The third kappa shape index (κ3) is 9.51. The zero-order valence-electron chi connectivity index (χ0n) is 14.9. The third-order valence-corrected chi connectivity index (χ3v) is 6.23. The molecule has 0 heterocycles. The van der Waals surface area contributed by atoms with Gasteiger partial charge in [-0.05, 0) is 12.8 Å². The summed E-state index contributed by atoms with van der Waals surface area (Å²) in [6.07, 6.45) is 2.30. The summed E-state index contributed by atoms with van der Waals surface area (Å²) < 4.78 is 11.7. The summed E-state index contributed by atoms with van der Waals surface area (Å²) in [5.74, 6) is -1.40. The number of rotatable bonds is 12. The van der Waals surface area contributed by atoms with Crippen molar-refractivity contribution in [3.05, 3.63) is 0 Å². The lowest BCUT2D eigenvalue weighted by molar-refractivity contribution is -0.908. The Morgan fingerprint density at radius 2 is 1.72 bits per heavy atom. The molecule has 8 nitrogen and oxygen atoms in total. The summed E-state index contributed by atoms with van der Waals surface area (Å²) in [4.78, 5) is 40.6. The molecule has 150 valence electrons. The molecule has 4 N–H and O–H groups in total. The van der Waals surface area contributed by atoms with Gasteiger partial charge >= 0.3 is 13.6 Å². The summed E-state index contributed by atoms with van der Waals surface area (Å²) in [5.41, 5.74) is 0. The maximum Gasteiger partial charge on any atom is 0.368 e. The van der Waals surface area contributed by atoms with Crippen molar-refractivity contribution in [2.75, 3.05) is 32.4 Å². The maximum absolute atomic E-state index is 11.4. The molecule has 0 saturated carbocycles. The lowest BCUT2D eigenvalue weighted by Gasteiger charge is -2.37. The fraction of sp³-hybridized carbons (Fsp3) is 0.857. The van der Waals surface area contributed by atoms with Crippen LogP contribution >= 0.6 is 19.4 Å². The Morgan fingerprint density at radius 1 is 1.16 bits per heavy atom. The molecule has 0 rings (SSSR count). The summed E-state index contributed by atoms with van der Waals surface area (Å²) in [6, 6.07) is 0. The number of carbonyl (C=O) groups excluding carboxylic acids is 1. The van der Waals surface area contributed by atoms with Crippen LogP contribution in [0, 0.1) is 0 Å². The van der Waals surface area contributed by atoms with Crippen LogP contribution in [0.25, 0.3) is 0 Å². The monoisotopic (exact) mass is 465 g/mol. The SMILES string of the molecule is CCCCC[N+](C)(CCSC(C)=O)CCC(O)(C(=O)O)P(=O)(O)O.[Br-]. The third-order valence-electron chi connectivity index (χ3n) is 4.06. The first-order valence-corrected chi connectivity index (χ1v) is 10.5. The van der Waals surface area contributed by atoms with Crippen molar-refractivity contribution >= 4 is 30.4 Å². The average molecular weight is 466 g/mol. The number of hydrogen-bond donors (Lipinski definition) is 4. The molecule has 2 atom stereocenters. The quantitative estimate of drug-likeness (QED) is 0.151. The molecule has 0 aromatic carbocycles. The molecule has 0 aromatic heterocycles. The maximum atomic E-state index is 11.4. The predicted molar refractivity (Wildman–Crippen MR) is 92.7 cm³/mol. The van der Waals surface area contributed by atoms with Gasteiger partial charge in [0.15, 0.2) is 5.12 Å². The minimum atomic E-state index is -5.22. The van der Waals surface area contributed by atoms with Gasteiger partial charge in [-0.25, -0.2) is 4.79 Å². The first kappa shape index (κ1) is 27.3. The van der Waals surface area contributed by atoms with Gasteiger partial charge in [0.25, 0.3) is 5.34 Å². The summed E-state index contributed by atoms with van der Waals surface area (Å²) in [6.45, 7) is 4.83. The van der Waals surface area contributed by atoms with Gasteiger partial charge < -0.3 is 41.5 Å². The van der Waals surface area contributed by atoms with E-state index in [-0.39, 0.29) is 28.6 Å². The van der Waals surface area contributed by atoms with Gasteiger partial charge in [0.05, 0.1) is 32.4 Å². The number of nitrogens with zero attached hydrogens (tertiary/aromatic N) is 1. The molecule has 0 aliphatic carbocycles. The number of aliphatic carboxylic acids is 1. The van der Waals surface area contributed by atoms with Crippen molar-refractivity contribution in [3.8, 4) is 0 Å². The zero-order valence-corrected chi connectivity index (χ0v) is 18.1. The van der Waals surface area contributed by atoms with Crippen LogP contribution in [0.5, 0.6) is 0 Å². The number of halogens is 1. The Bertz CT molecular complexity index is 490. The van der Waals surface area contributed by atoms with Crippen LogP contribution in [0.4, 0.5) is 0 Å². The van der Waals surface area contributed by atoms with Gasteiger partial charge in [0.2, 0.25) is 0 Å². The second kappa shape index (κ2) is 11.7. The zero-order chi connectivity index (χ0) is 19.0. The topological polar surface area (TPSA) is 132 Å². The second-order valence-corrected chi connectivity index (χ2v) is 9.35. The van der Waals surface area contributed by atoms with Gasteiger partial charge in [-0.2, -0.15) is 0 Å². The van der Waals surface area contributed by atoms with Gasteiger partial charge in [-0.3, -0.25) is 9.36 Å². The summed E-state index contributed by atoms with van der Waals surface area (Å²) >= 11 is 1.16. The van der Waals surface area contributed by atoms with Crippen molar-refractivity contribution in [1.29, 1.82) is 0 Å². The van der Waals surface area contributed by atoms with Crippen molar-refractivity contribution < 1.29 is 55.6 Å². The second-order valence-electron chi connectivity index (χ2n) is 6.25. The van der Waals surface area contributed by atoms with Crippen molar-refractivity contribution in [2.45, 2.75) is 44.9 Å². The fourth-order valence-corrected chi connectivity index (χ4v) is 3.75. The minimum Gasteiger partial charge on any atom is -1.00 e. The average Bonchev–Trinajstić information content (AvgIpc) is 2.43. The Morgan fingerprint density at radius 3 is 2.12 bits per heavy atom. The van der Waals surface area contributed by atoms with Crippen LogP contribution < -0.4 is 17.0 Å². The largest absolute Gasteiger partial charge is 1.00 e. The number of hydrogen-bond acceptors (Lipinski definition) is 5. The molecule has 0 aliphatic heterocycles. The highest BCUT2D eigenvalue weighted by atomic mass is 79.9. The van der Waals surface area contributed by atoms with Gasteiger partial charge in [-0.15, -0.1) is 0 Å². The Labute approximate surface area is 163 Å². The van der Waals surface area contributed by atoms with Crippen LogP contribution in [0.2, 0.25) is 0 Å². The van der Waals surface area contributed by atoms with Crippen LogP contribution in [0.1, 0.15) is 39.5 Å². The number of aliphatic hydroxyl groups is 1. The Kier molecular flexibility index (Phi) is 12.7. The van der Waals surface area contributed by atoms with E-state index in [9.17, 15) is 29.0 Å². The van der Waals surface area contributed by atoms with E-state index in [1.807, 2.05) is 14.0 Å². The van der Waals surface area contributed by atoms with Crippen molar-refractivity contribution in [2.24, 2.45) is 0 Å². The summed E-state index contributed by atoms with van der Waals surface area (Å²) in [7, 11) is -3.37. The van der Waals surface area contributed by atoms with Crippen LogP contribution in [0.3, 0.4) is 0 Å². The fourth-order valence-electron chi connectivity index (χ4n) is 2.29. The molecule has 0 aromatic rings. The molecule has 0 amide bonds. The van der Waals surface area contributed by atoms with Gasteiger partial charge in [-0.1, -0.05) is 25.1 Å². The molecule has 0 aliphatic rings. The van der Waals surface area contributed by atoms with Crippen LogP contribution in [-0.2, 0) is 14.2 Å².